The van der Waals surface area contributed by atoms with Crippen LogP contribution in [-0.4, -0.2) is 11.5 Å². The number of nitrogens with zero attached hydrogens (tertiary/aromatic N) is 1. The third-order valence-electron chi connectivity index (χ3n) is 3.80. The number of hydrogen-bond acceptors (Lipinski definition) is 3. The van der Waals surface area contributed by atoms with Crippen LogP contribution in [0.1, 0.15) is 46.1 Å². The van der Waals surface area contributed by atoms with Crippen LogP contribution in [-0.2, 0) is 12.8 Å². The summed E-state index contributed by atoms with van der Waals surface area (Å²) >= 11 is 5.52. The quantitative estimate of drug-likeness (QED) is 0.883. The number of benzene rings is 1. The molecule has 0 fully saturated rings. The molecule has 2 aromatic rings. The van der Waals surface area contributed by atoms with E-state index < -0.39 is 0 Å². The molecule has 20 heavy (non-hydrogen) atoms. The van der Waals surface area contributed by atoms with Gasteiger partial charge in [0.25, 0.3) is 0 Å². The van der Waals surface area contributed by atoms with Gasteiger partial charge >= 0.3 is 0 Å². The molecule has 0 saturated heterocycles. The molecule has 1 unspecified atom stereocenters. The van der Waals surface area contributed by atoms with Gasteiger partial charge in [0.15, 0.2) is 0 Å². The summed E-state index contributed by atoms with van der Waals surface area (Å²) in [6.45, 7) is 5.21. The second-order valence-corrected chi connectivity index (χ2v) is 7.24. The van der Waals surface area contributed by atoms with Gasteiger partial charge in [0, 0.05) is 9.35 Å². The van der Waals surface area contributed by atoms with Crippen LogP contribution in [0.4, 0.5) is 0 Å². The van der Waals surface area contributed by atoms with Crippen molar-refractivity contribution >= 4 is 27.3 Å². The Kier molecular flexibility index (Phi) is 4.24. The van der Waals surface area contributed by atoms with E-state index in [2.05, 4.69) is 53.3 Å². The van der Waals surface area contributed by atoms with E-state index in [9.17, 15) is 0 Å². The number of aryl methyl sites for hydroxylation is 3. The minimum absolute atomic E-state index is 0.215. The Morgan fingerprint density at radius 2 is 2.25 bits per heavy atom. The van der Waals surface area contributed by atoms with Crippen LogP contribution in [0.25, 0.3) is 0 Å². The predicted octanol–water partition coefficient (Wildman–Crippen LogP) is 4.40. The Hall–Kier alpha value is -0.710. The molecule has 1 aliphatic rings. The first-order valence-electron chi connectivity index (χ1n) is 7.17. The average Bonchev–Trinajstić information content (AvgIpc) is 3.00. The lowest BCUT2D eigenvalue weighted by Gasteiger charge is -2.17. The molecule has 0 bridgehead atoms. The van der Waals surface area contributed by atoms with Crippen LogP contribution in [0.15, 0.2) is 22.7 Å². The maximum Gasteiger partial charge on any atom is 0.115 e. The van der Waals surface area contributed by atoms with Crippen molar-refractivity contribution in [2.75, 3.05) is 6.54 Å². The van der Waals surface area contributed by atoms with Crippen molar-refractivity contribution in [3.8, 4) is 0 Å². The van der Waals surface area contributed by atoms with Gasteiger partial charge in [-0.1, -0.05) is 35.0 Å². The van der Waals surface area contributed by atoms with Gasteiger partial charge < -0.3 is 5.32 Å². The first-order valence-corrected chi connectivity index (χ1v) is 8.78. The number of thiazole rings is 1. The third-order valence-corrected chi connectivity index (χ3v) is 5.87. The van der Waals surface area contributed by atoms with Crippen LogP contribution >= 0.6 is 27.3 Å². The summed E-state index contributed by atoms with van der Waals surface area (Å²) in [7, 11) is 0. The van der Waals surface area contributed by atoms with E-state index in [1.807, 2.05) is 11.3 Å². The molecule has 3 rings (SSSR count). The Balaban J connectivity index is 1.96. The SMILES string of the molecule is CCNC(c1ccc(C)c(Br)c1)c1nc2c(s1)CCC2. The molecule has 1 aromatic heterocycles. The van der Waals surface area contributed by atoms with Crippen molar-refractivity contribution in [1.29, 1.82) is 0 Å². The summed E-state index contributed by atoms with van der Waals surface area (Å²) in [5.74, 6) is 0. The molecule has 4 heteroatoms. The molecule has 0 amide bonds. The molecular formula is C16H19BrN2S. The topological polar surface area (TPSA) is 24.9 Å². The van der Waals surface area contributed by atoms with Crippen LogP contribution in [0.5, 0.6) is 0 Å². The fraction of sp³-hybridized carbons (Fsp3) is 0.438. The first kappa shape index (κ1) is 14.2. The van der Waals surface area contributed by atoms with Gasteiger partial charge in [-0.25, -0.2) is 4.98 Å². The van der Waals surface area contributed by atoms with E-state index in [1.165, 1.54) is 44.0 Å². The van der Waals surface area contributed by atoms with Crippen LogP contribution < -0.4 is 5.32 Å². The maximum atomic E-state index is 4.88. The molecule has 1 atom stereocenters. The molecule has 0 saturated carbocycles. The molecule has 2 nitrogen and oxygen atoms in total. The van der Waals surface area contributed by atoms with Gasteiger partial charge in [-0.2, -0.15) is 0 Å². The van der Waals surface area contributed by atoms with Gasteiger partial charge in [-0.15, -0.1) is 11.3 Å². The van der Waals surface area contributed by atoms with Crippen molar-refractivity contribution in [2.45, 2.75) is 39.2 Å². The molecule has 106 valence electrons. The number of rotatable bonds is 4. The highest BCUT2D eigenvalue weighted by atomic mass is 79.9. The average molecular weight is 351 g/mol. The molecule has 1 aromatic carbocycles. The Labute approximate surface area is 132 Å². The molecule has 0 spiro atoms. The normalized spacial score (nSPS) is 15.3. The largest absolute Gasteiger partial charge is 0.305 e. The van der Waals surface area contributed by atoms with Crippen LogP contribution in [0, 0.1) is 6.92 Å². The predicted molar refractivity (Wildman–Crippen MR) is 88.5 cm³/mol. The molecule has 0 radical (unpaired) electrons. The fourth-order valence-corrected chi connectivity index (χ4v) is 4.33. The number of fused-ring (bicyclic) bond motifs is 1. The van der Waals surface area contributed by atoms with E-state index in [4.69, 9.17) is 4.98 Å². The lowest BCUT2D eigenvalue weighted by molar-refractivity contribution is 0.624. The van der Waals surface area contributed by atoms with Crippen molar-refractivity contribution in [2.24, 2.45) is 0 Å². The Bertz CT molecular complexity index is 599. The highest BCUT2D eigenvalue weighted by Crippen LogP contribution is 2.34. The molecule has 1 N–H and O–H groups in total. The van der Waals surface area contributed by atoms with Crippen molar-refractivity contribution in [3.63, 3.8) is 0 Å². The van der Waals surface area contributed by atoms with Crippen molar-refractivity contribution in [1.82, 2.24) is 10.3 Å². The van der Waals surface area contributed by atoms with Crippen LogP contribution in [0.2, 0.25) is 0 Å². The fourth-order valence-electron chi connectivity index (χ4n) is 2.67. The van der Waals surface area contributed by atoms with Gasteiger partial charge in [0.2, 0.25) is 0 Å². The highest BCUT2D eigenvalue weighted by molar-refractivity contribution is 9.10. The summed E-state index contributed by atoms with van der Waals surface area (Å²) in [5, 5.41) is 4.79. The summed E-state index contributed by atoms with van der Waals surface area (Å²) in [5.41, 5.74) is 3.89. The number of hydrogen-bond donors (Lipinski definition) is 1. The smallest absolute Gasteiger partial charge is 0.115 e. The van der Waals surface area contributed by atoms with Crippen molar-refractivity contribution < 1.29 is 0 Å². The van der Waals surface area contributed by atoms with Crippen molar-refractivity contribution in [3.05, 3.63) is 49.4 Å². The van der Waals surface area contributed by atoms with Crippen LogP contribution in [0.3, 0.4) is 0 Å². The Morgan fingerprint density at radius 1 is 1.40 bits per heavy atom. The van der Waals surface area contributed by atoms with Gasteiger partial charge in [0.05, 0.1) is 11.7 Å². The second kappa shape index (κ2) is 5.96. The molecule has 1 heterocycles. The van der Waals surface area contributed by atoms with E-state index in [0.717, 1.165) is 13.0 Å². The molecular weight excluding hydrogens is 332 g/mol. The Morgan fingerprint density at radius 3 is 2.95 bits per heavy atom. The maximum absolute atomic E-state index is 4.88. The highest BCUT2D eigenvalue weighted by Gasteiger charge is 2.22. The van der Waals surface area contributed by atoms with E-state index in [0.29, 0.717) is 0 Å². The van der Waals surface area contributed by atoms with E-state index in [1.54, 1.807) is 0 Å². The lowest BCUT2D eigenvalue weighted by atomic mass is 10.1. The zero-order chi connectivity index (χ0) is 14.1. The zero-order valence-electron chi connectivity index (χ0n) is 11.9. The minimum Gasteiger partial charge on any atom is -0.305 e. The number of aromatic nitrogens is 1. The summed E-state index contributed by atoms with van der Waals surface area (Å²) in [6, 6.07) is 6.81. The number of nitrogens with one attached hydrogen (secondary N) is 1. The van der Waals surface area contributed by atoms with Gasteiger partial charge in [-0.05, 0) is 49.9 Å². The van der Waals surface area contributed by atoms with E-state index in [-0.39, 0.29) is 6.04 Å². The minimum atomic E-state index is 0.215. The standard InChI is InChI=1S/C16H19BrN2S/c1-3-18-15(11-8-7-10(2)12(17)9-11)16-19-13-5-4-6-14(13)20-16/h7-9,15,18H,3-6H2,1-2H3. The molecule has 0 aliphatic heterocycles. The first-order chi connectivity index (χ1) is 9.69. The summed E-state index contributed by atoms with van der Waals surface area (Å²) in [6.07, 6.45) is 3.64. The van der Waals surface area contributed by atoms with Gasteiger partial charge in [-0.3, -0.25) is 0 Å². The summed E-state index contributed by atoms with van der Waals surface area (Å²) < 4.78 is 1.17. The van der Waals surface area contributed by atoms with Gasteiger partial charge in [0.1, 0.15) is 5.01 Å². The zero-order valence-corrected chi connectivity index (χ0v) is 14.3. The second-order valence-electron chi connectivity index (χ2n) is 5.27. The molecule has 1 aliphatic carbocycles. The lowest BCUT2D eigenvalue weighted by Crippen LogP contribution is -2.22. The summed E-state index contributed by atoms with van der Waals surface area (Å²) in [4.78, 5) is 6.37. The number of halogens is 1. The monoisotopic (exact) mass is 350 g/mol. The van der Waals surface area contributed by atoms with E-state index >= 15 is 0 Å². The third kappa shape index (κ3) is 2.69.